The Morgan fingerprint density at radius 2 is 2.40 bits per heavy atom. The van der Waals surface area contributed by atoms with Crippen LogP contribution in [0.5, 0.6) is 0 Å². The molecule has 0 saturated heterocycles. The molecule has 1 aromatic carbocycles. The van der Waals surface area contributed by atoms with Gasteiger partial charge in [-0.15, -0.1) is 11.3 Å². The fraction of sp³-hybridized carbons (Fsp3) is 0.444. The summed E-state index contributed by atoms with van der Waals surface area (Å²) in [5.74, 6) is 0. The van der Waals surface area contributed by atoms with E-state index in [0.29, 0.717) is 13.0 Å². The number of aromatic nitrogens is 3. The average molecular weight is 358 g/mol. The second-order valence-electron chi connectivity index (χ2n) is 6.74. The number of nitrogens with zero attached hydrogens (tertiary/aromatic N) is 2. The van der Waals surface area contributed by atoms with Crippen LogP contribution in [-0.4, -0.2) is 31.7 Å². The summed E-state index contributed by atoms with van der Waals surface area (Å²) >= 11 is 1.68. The molecule has 1 aliphatic rings. The van der Waals surface area contributed by atoms with Crippen LogP contribution in [0.4, 0.5) is 0 Å². The fourth-order valence-corrected chi connectivity index (χ4v) is 4.30. The normalized spacial score (nSPS) is 21.4. The number of para-hydroxylation sites is 1. The predicted molar refractivity (Wildman–Crippen MR) is 99.0 cm³/mol. The van der Waals surface area contributed by atoms with Crippen molar-refractivity contribution < 1.29 is 5.11 Å². The molecule has 7 heteroatoms. The topological polar surface area (TPSA) is 82.9 Å². The molecular formula is C18H22N4O2S. The van der Waals surface area contributed by atoms with E-state index in [1.54, 1.807) is 15.9 Å². The Labute approximate surface area is 149 Å². The quantitative estimate of drug-likeness (QED) is 0.653. The summed E-state index contributed by atoms with van der Waals surface area (Å²) in [6.45, 7) is 2.75. The lowest BCUT2D eigenvalue weighted by Crippen LogP contribution is -2.41. The second kappa shape index (κ2) is 6.74. The van der Waals surface area contributed by atoms with Crippen LogP contribution in [0.25, 0.3) is 11.0 Å². The molecule has 0 bridgehead atoms. The maximum Gasteiger partial charge on any atom is 0.326 e. The van der Waals surface area contributed by atoms with E-state index in [2.05, 4.69) is 22.2 Å². The van der Waals surface area contributed by atoms with Gasteiger partial charge in [-0.25, -0.2) is 4.79 Å². The Kier molecular flexibility index (Phi) is 4.45. The number of hydrogen-bond acceptors (Lipinski definition) is 5. The molecule has 6 nitrogen and oxygen atoms in total. The van der Waals surface area contributed by atoms with Crippen molar-refractivity contribution in [3.63, 3.8) is 0 Å². The van der Waals surface area contributed by atoms with Gasteiger partial charge in [0, 0.05) is 35.3 Å². The van der Waals surface area contributed by atoms with Crippen LogP contribution >= 0.6 is 11.3 Å². The Morgan fingerprint density at radius 3 is 3.20 bits per heavy atom. The first kappa shape index (κ1) is 16.5. The van der Waals surface area contributed by atoms with Crippen molar-refractivity contribution in [3.8, 4) is 0 Å². The van der Waals surface area contributed by atoms with Crippen molar-refractivity contribution in [2.45, 2.75) is 50.9 Å². The molecule has 0 spiro atoms. The van der Waals surface area contributed by atoms with Crippen LogP contribution in [-0.2, 0) is 13.0 Å². The van der Waals surface area contributed by atoms with E-state index in [1.165, 1.54) is 4.88 Å². The Hall–Kier alpha value is -1.96. The third-order valence-electron chi connectivity index (χ3n) is 4.99. The molecular weight excluding hydrogens is 336 g/mol. The summed E-state index contributed by atoms with van der Waals surface area (Å²) < 4.78 is 1.75. The number of H-pyrrole nitrogens is 1. The van der Waals surface area contributed by atoms with Crippen molar-refractivity contribution in [1.29, 1.82) is 0 Å². The number of aliphatic hydroxyl groups is 1. The minimum atomic E-state index is -0.626. The first-order valence-corrected chi connectivity index (χ1v) is 9.54. The van der Waals surface area contributed by atoms with E-state index in [-0.39, 0.29) is 17.8 Å². The van der Waals surface area contributed by atoms with Gasteiger partial charge in [-0.3, -0.25) is 9.55 Å². The van der Waals surface area contributed by atoms with E-state index in [9.17, 15) is 9.90 Å². The minimum Gasteiger partial charge on any atom is -0.387 e. The van der Waals surface area contributed by atoms with Gasteiger partial charge in [0.15, 0.2) is 0 Å². The molecule has 3 atom stereocenters. The highest BCUT2D eigenvalue weighted by Crippen LogP contribution is 2.30. The maximum absolute atomic E-state index is 12.2. The molecule has 3 aromatic rings. The summed E-state index contributed by atoms with van der Waals surface area (Å²) in [5, 5.41) is 14.5. The standard InChI is InChI=1S/C18H22N4O2S/c1-11(5-6-12-9-19-10-25-12)20-15-7-8-22-16-13(17(15)23)3-2-4-14(16)21-18(22)24/h2-4,9-11,15,17,20,23H,5-8H2,1H3,(H,21,24)/t11-,15+,17+/m0/s1. The van der Waals surface area contributed by atoms with Crippen LogP contribution in [0.2, 0.25) is 0 Å². The predicted octanol–water partition coefficient (Wildman–Crippen LogP) is 2.20. The van der Waals surface area contributed by atoms with Crippen LogP contribution in [0.1, 0.15) is 36.3 Å². The van der Waals surface area contributed by atoms with Crippen LogP contribution in [0.15, 0.2) is 34.7 Å². The van der Waals surface area contributed by atoms with Crippen LogP contribution < -0.4 is 11.0 Å². The molecule has 0 fully saturated rings. The molecule has 25 heavy (non-hydrogen) atoms. The third-order valence-corrected chi connectivity index (χ3v) is 5.83. The molecule has 3 heterocycles. The second-order valence-corrected chi connectivity index (χ2v) is 7.71. The van der Waals surface area contributed by atoms with Crippen LogP contribution in [0.3, 0.4) is 0 Å². The largest absolute Gasteiger partial charge is 0.387 e. The molecule has 2 aromatic heterocycles. The Balaban J connectivity index is 1.51. The maximum atomic E-state index is 12.2. The zero-order valence-corrected chi connectivity index (χ0v) is 14.9. The van der Waals surface area contributed by atoms with Crippen molar-refractivity contribution in [2.24, 2.45) is 0 Å². The van der Waals surface area contributed by atoms with E-state index in [0.717, 1.165) is 29.4 Å². The minimum absolute atomic E-state index is 0.0682. The number of aliphatic hydroxyl groups excluding tert-OH is 1. The van der Waals surface area contributed by atoms with Crippen molar-refractivity contribution in [3.05, 3.63) is 50.8 Å². The van der Waals surface area contributed by atoms with Gasteiger partial charge >= 0.3 is 5.69 Å². The number of hydrogen-bond donors (Lipinski definition) is 3. The monoisotopic (exact) mass is 358 g/mol. The zero-order chi connectivity index (χ0) is 17.4. The molecule has 0 amide bonds. The van der Waals surface area contributed by atoms with Crippen LogP contribution in [0, 0.1) is 0 Å². The third kappa shape index (κ3) is 3.15. The lowest BCUT2D eigenvalue weighted by atomic mass is 9.98. The molecule has 0 aliphatic carbocycles. The van der Waals surface area contributed by atoms with Gasteiger partial charge in [0.05, 0.1) is 22.6 Å². The lowest BCUT2D eigenvalue weighted by molar-refractivity contribution is 0.119. The van der Waals surface area contributed by atoms with Gasteiger partial charge in [-0.05, 0) is 32.3 Å². The molecule has 132 valence electrons. The molecule has 0 unspecified atom stereocenters. The molecule has 0 radical (unpaired) electrons. The van der Waals surface area contributed by atoms with E-state index < -0.39 is 6.10 Å². The number of thiazole rings is 1. The van der Waals surface area contributed by atoms with Crippen molar-refractivity contribution in [1.82, 2.24) is 19.9 Å². The number of aromatic amines is 1. The first-order valence-electron chi connectivity index (χ1n) is 8.66. The molecule has 3 N–H and O–H groups in total. The van der Waals surface area contributed by atoms with Gasteiger partial charge in [-0.2, -0.15) is 0 Å². The summed E-state index contributed by atoms with van der Waals surface area (Å²) in [5.41, 5.74) is 4.20. The molecule has 0 saturated carbocycles. The highest BCUT2D eigenvalue weighted by atomic mass is 32.1. The lowest BCUT2D eigenvalue weighted by Gasteiger charge is -2.26. The van der Waals surface area contributed by atoms with E-state index in [1.807, 2.05) is 29.9 Å². The van der Waals surface area contributed by atoms with E-state index >= 15 is 0 Å². The van der Waals surface area contributed by atoms with Crippen molar-refractivity contribution >= 4 is 22.4 Å². The van der Waals surface area contributed by atoms with Gasteiger partial charge in [-0.1, -0.05) is 12.1 Å². The summed E-state index contributed by atoms with van der Waals surface area (Å²) in [6, 6.07) is 5.89. The number of aryl methyl sites for hydroxylation is 2. The van der Waals surface area contributed by atoms with E-state index in [4.69, 9.17) is 0 Å². The smallest absolute Gasteiger partial charge is 0.326 e. The Morgan fingerprint density at radius 1 is 1.52 bits per heavy atom. The highest BCUT2D eigenvalue weighted by Gasteiger charge is 2.29. The first-order chi connectivity index (χ1) is 12.1. The number of imidazole rings is 1. The number of nitrogens with one attached hydrogen (secondary N) is 2. The SMILES string of the molecule is C[C@@H](CCc1cncs1)N[C@@H]1CCn2c(=O)[nH]c3cccc(c32)[C@H]1O. The van der Waals surface area contributed by atoms with Gasteiger partial charge in [0.1, 0.15) is 0 Å². The summed E-state index contributed by atoms with van der Waals surface area (Å²) in [4.78, 5) is 20.4. The molecule has 4 rings (SSSR count). The highest BCUT2D eigenvalue weighted by molar-refractivity contribution is 7.09. The van der Waals surface area contributed by atoms with Gasteiger partial charge in [0.2, 0.25) is 0 Å². The fourth-order valence-electron chi connectivity index (χ4n) is 3.69. The number of benzene rings is 1. The Bertz CT molecular complexity index is 915. The average Bonchev–Trinajstić information content (AvgIpc) is 3.19. The van der Waals surface area contributed by atoms with Gasteiger partial charge in [0.25, 0.3) is 0 Å². The van der Waals surface area contributed by atoms with Gasteiger partial charge < -0.3 is 15.4 Å². The van der Waals surface area contributed by atoms with Crippen molar-refractivity contribution in [2.75, 3.05) is 0 Å². The number of rotatable bonds is 5. The molecule has 1 aliphatic heterocycles. The zero-order valence-electron chi connectivity index (χ0n) is 14.1. The summed E-state index contributed by atoms with van der Waals surface area (Å²) in [7, 11) is 0. The summed E-state index contributed by atoms with van der Waals surface area (Å²) in [6.07, 6.45) is 3.98.